The number of carbonyl (C=O) groups excluding carboxylic acids is 2. The molecule has 0 aliphatic carbocycles. The van der Waals surface area contributed by atoms with E-state index in [1.807, 2.05) is 43.3 Å². The van der Waals surface area contributed by atoms with Crippen LogP contribution in [0.4, 0.5) is 0 Å². The smallest absolute Gasteiger partial charge is 0.271 e. The molecule has 1 saturated heterocycles. The van der Waals surface area contributed by atoms with Crippen LogP contribution in [0.2, 0.25) is 0 Å². The highest BCUT2D eigenvalue weighted by molar-refractivity contribution is 5.94. The van der Waals surface area contributed by atoms with E-state index >= 15 is 0 Å². The third-order valence-electron chi connectivity index (χ3n) is 5.45. The van der Waals surface area contributed by atoms with E-state index < -0.39 is 0 Å². The van der Waals surface area contributed by atoms with Crippen molar-refractivity contribution in [3.8, 4) is 11.3 Å². The monoisotopic (exact) mass is 403 g/mol. The maximum absolute atomic E-state index is 12.9. The van der Waals surface area contributed by atoms with Crippen LogP contribution in [0.1, 0.15) is 34.5 Å². The van der Waals surface area contributed by atoms with Gasteiger partial charge in [-0.05, 0) is 43.5 Å². The summed E-state index contributed by atoms with van der Waals surface area (Å²) in [6, 6.07) is 13.5. The zero-order chi connectivity index (χ0) is 20.9. The van der Waals surface area contributed by atoms with Crippen molar-refractivity contribution in [3.63, 3.8) is 0 Å². The fourth-order valence-corrected chi connectivity index (χ4v) is 3.69. The van der Waals surface area contributed by atoms with E-state index in [1.54, 1.807) is 23.4 Å². The highest BCUT2D eigenvalue weighted by Gasteiger charge is 2.29. The van der Waals surface area contributed by atoms with Crippen LogP contribution in [0.3, 0.4) is 0 Å². The number of likely N-dealkylation sites (tertiary alicyclic amines) is 1. The van der Waals surface area contributed by atoms with Gasteiger partial charge in [0.25, 0.3) is 5.91 Å². The number of aromatic nitrogens is 3. The van der Waals surface area contributed by atoms with Crippen molar-refractivity contribution in [2.24, 2.45) is 5.92 Å². The second kappa shape index (κ2) is 8.90. The van der Waals surface area contributed by atoms with Gasteiger partial charge >= 0.3 is 0 Å². The SMILES string of the molecule is Cc1ccc(CNC(=O)[C@H]2CCCN(C(=O)c3cc(-c4ccncc4)n[nH]3)C2)cc1. The number of aromatic amines is 1. The summed E-state index contributed by atoms with van der Waals surface area (Å²) in [7, 11) is 0. The number of carbonyl (C=O) groups is 2. The lowest BCUT2D eigenvalue weighted by atomic mass is 9.96. The first-order valence-electron chi connectivity index (χ1n) is 10.2. The molecule has 7 heteroatoms. The molecular formula is C23H25N5O2. The van der Waals surface area contributed by atoms with Crippen LogP contribution >= 0.6 is 0 Å². The molecule has 1 aliphatic rings. The zero-order valence-electron chi connectivity index (χ0n) is 17.0. The minimum absolute atomic E-state index is 0.00448. The predicted octanol–water partition coefficient (Wildman–Crippen LogP) is 2.95. The van der Waals surface area contributed by atoms with Gasteiger partial charge in [0.05, 0.1) is 11.6 Å². The Morgan fingerprint density at radius 1 is 1.17 bits per heavy atom. The number of hydrogen-bond donors (Lipinski definition) is 2. The molecule has 2 N–H and O–H groups in total. The molecule has 0 spiro atoms. The first kappa shape index (κ1) is 19.8. The standard InChI is InChI=1S/C23H25N5O2/c1-16-4-6-17(7-5-16)14-25-22(29)19-3-2-12-28(15-19)23(30)21-13-20(26-27-21)18-8-10-24-11-9-18/h4-11,13,19H,2-3,12,14-15H2,1H3,(H,25,29)(H,26,27)/t19-/m0/s1. The third kappa shape index (κ3) is 4.56. The van der Waals surface area contributed by atoms with Gasteiger partial charge in [-0.2, -0.15) is 5.10 Å². The molecule has 3 aromatic rings. The fraction of sp³-hybridized carbons (Fsp3) is 0.304. The Morgan fingerprint density at radius 2 is 1.93 bits per heavy atom. The van der Waals surface area contributed by atoms with Crippen LogP contribution in [0.25, 0.3) is 11.3 Å². The lowest BCUT2D eigenvalue weighted by Crippen LogP contribution is -2.45. The molecule has 1 aromatic carbocycles. The lowest BCUT2D eigenvalue weighted by molar-refractivity contribution is -0.126. The van der Waals surface area contributed by atoms with Crippen LogP contribution in [0, 0.1) is 12.8 Å². The van der Waals surface area contributed by atoms with E-state index in [4.69, 9.17) is 0 Å². The van der Waals surface area contributed by atoms with Crippen molar-refractivity contribution in [2.45, 2.75) is 26.3 Å². The summed E-state index contributed by atoms with van der Waals surface area (Å²) in [5.74, 6) is -0.329. The normalized spacial score (nSPS) is 16.3. The average molecular weight is 403 g/mol. The Hall–Kier alpha value is -3.48. The number of H-pyrrole nitrogens is 1. The Balaban J connectivity index is 1.36. The first-order valence-corrected chi connectivity index (χ1v) is 10.2. The molecule has 154 valence electrons. The molecule has 1 fully saturated rings. The zero-order valence-corrected chi connectivity index (χ0v) is 17.0. The third-order valence-corrected chi connectivity index (χ3v) is 5.45. The summed E-state index contributed by atoms with van der Waals surface area (Å²) >= 11 is 0. The van der Waals surface area contributed by atoms with Gasteiger partial charge in [0.15, 0.2) is 0 Å². The number of rotatable bonds is 5. The van der Waals surface area contributed by atoms with Crippen LogP contribution in [0.5, 0.6) is 0 Å². The summed E-state index contributed by atoms with van der Waals surface area (Å²) in [4.78, 5) is 31.3. The number of nitrogens with zero attached hydrogens (tertiary/aromatic N) is 3. The number of pyridine rings is 1. The summed E-state index contributed by atoms with van der Waals surface area (Å²) in [6.45, 7) is 3.60. The molecule has 7 nitrogen and oxygen atoms in total. The molecule has 2 amide bonds. The number of aryl methyl sites for hydroxylation is 1. The van der Waals surface area contributed by atoms with Gasteiger partial charge in [-0.1, -0.05) is 29.8 Å². The molecule has 1 aliphatic heterocycles. The molecule has 1 atom stereocenters. The summed E-state index contributed by atoms with van der Waals surface area (Å²) in [5, 5.41) is 10.1. The summed E-state index contributed by atoms with van der Waals surface area (Å²) < 4.78 is 0. The van der Waals surface area contributed by atoms with Crippen molar-refractivity contribution >= 4 is 11.8 Å². The van der Waals surface area contributed by atoms with Gasteiger partial charge in [0.1, 0.15) is 5.69 Å². The lowest BCUT2D eigenvalue weighted by Gasteiger charge is -2.31. The van der Waals surface area contributed by atoms with Gasteiger partial charge < -0.3 is 10.2 Å². The summed E-state index contributed by atoms with van der Waals surface area (Å²) in [6.07, 6.45) is 4.97. The molecule has 4 rings (SSSR count). The number of nitrogens with one attached hydrogen (secondary N) is 2. The molecule has 0 unspecified atom stereocenters. The molecule has 30 heavy (non-hydrogen) atoms. The topological polar surface area (TPSA) is 91.0 Å². The van der Waals surface area contributed by atoms with Crippen LogP contribution < -0.4 is 5.32 Å². The van der Waals surface area contributed by atoms with Gasteiger partial charge in [-0.3, -0.25) is 19.7 Å². The van der Waals surface area contributed by atoms with Gasteiger partial charge in [0.2, 0.25) is 5.91 Å². The van der Waals surface area contributed by atoms with Crippen molar-refractivity contribution in [3.05, 3.63) is 71.7 Å². The highest BCUT2D eigenvalue weighted by atomic mass is 16.2. The Labute approximate surface area is 175 Å². The van der Waals surface area contributed by atoms with Crippen molar-refractivity contribution in [2.75, 3.05) is 13.1 Å². The van der Waals surface area contributed by atoms with E-state index in [0.29, 0.717) is 31.0 Å². The van der Waals surface area contributed by atoms with Crippen LogP contribution in [0.15, 0.2) is 54.9 Å². The molecule has 0 saturated carbocycles. The number of benzene rings is 1. The largest absolute Gasteiger partial charge is 0.352 e. The van der Waals surface area contributed by atoms with E-state index in [2.05, 4.69) is 20.5 Å². The molecule has 0 bridgehead atoms. The molecular weight excluding hydrogens is 378 g/mol. The second-order valence-corrected chi connectivity index (χ2v) is 7.70. The van der Waals surface area contributed by atoms with Crippen LogP contribution in [-0.4, -0.2) is 45.0 Å². The van der Waals surface area contributed by atoms with Crippen molar-refractivity contribution in [1.29, 1.82) is 0 Å². The number of piperidine rings is 1. The maximum Gasteiger partial charge on any atom is 0.271 e. The first-order chi connectivity index (χ1) is 14.6. The average Bonchev–Trinajstić information content (AvgIpc) is 3.29. The van der Waals surface area contributed by atoms with Gasteiger partial charge in [0, 0.05) is 37.6 Å². The van der Waals surface area contributed by atoms with E-state index in [1.165, 1.54) is 5.56 Å². The molecule has 3 heterocycles. The molecule has 0 radical (unpaired) electrons. The summed E-state index contributed by atoms with van der Waals surface area (Å²) in [5.41, 5.74) is 4.29. The highest BCUT2D eigenvalue weighted by Crippen LogP contribution is 2.21. The fourth-order valence-electron chi connectivity index (χ4n) is 3.69. The van der Waals surface area contributed by atoms with Crippen LogP contribution in [-0.2, 0) is 11.3 Å². The Bertz CT molecular complexity index is 1010. The Morgan fingerprint density at radius 3 is 2.70 bits per heavy atom. The Kier molecular flexibility index (Phi) is 5.88. The second-order valence-electron chi connectivity index (χ2n) is 7.70. The minimum atomic E-state index is -0.198. The van der Waals surface area contributed by atoms with Gasteiger partial charge in [-0.15, -0.1) is 0 Å². The van der Waals surface area contributed by atoms with E-state index in [9.17, 15) is 9.59 Å². The van der Waals surface area contributed by atoms with E-state index in [-0.39, 0.29) is 17.7 Å². The maximum atomic E-state index is 12.9. The van der Waals surface area contributed by atoms with Crippen molar-refractivity contribution < 1.29 is 9.59 Å². The number of amides is 2. The van der Waals surface area contributed by atoms with E-state index in [0.717, 1.165) is 24.0 Å². The molecule has 2 aromatic heterocycles. The van der Waals surface area contributed by atoms with Gasteiger partial charge in [-0.25, -0.2) is 0 Å². The quantitative estimate of drug-likeness (QED) is 0.685. The predicted molar refractivity (Wildman–Crippen MR) is 113 cm³/mol. The number of hydrogen-bond acceptors (Lipinski definition) is 4. The van der Waals surface area contributed by atoms with Crippen molar-refractivity contribution in [1.82, 2.24) is 25.4 Å². The minimum Gasteiger partial charge on any atom is -0.352 e.